The van der Waals surface area contributed by atoms with Gasteiger partial charge in [-0.1, -0.05) is 53.0 Å². The molecule has 0 radical (unpaired) electrons. The first-order valence-electron chi connectivity index (χ1n) is 12.6. The standard InChI is InChI=1S/C29H30Cl2N6O2/c1-18-5-8-20(9-6-18)25(15-27(32)38)35-29(39)12-7-19(2)34-28-16-26(21-4-3-13-33-17-21)36-37(28)22-10-11-23(30)24(31)14-22/h3-6,8-11,13-14,16-17,19,25,34H,7,12,15H2,1-2H3,(H2,32,38)(H,35,39)/t19-,25?/m0/s1. The molecule has 0 aliphatic carbocycles. The fraction of sp³-hybridized carbons (Fsp3) is 0.241. The molecule has 2 amide bonds. The average Bonchev–Trinajstić information content (AvgIpc) is 3.33. The van der Waals surface area contributed by atoms with Gasteiger partial charge in [-0.3, -0.25) is 14.6 Å². The number of rotatable bonds is 11. The molecule has 2 atom stereocenters. The van der Waals surface area contributed by atoms with Crippen LogP contribution >= 0.6 is 23.2 Å². The van der Waals surface area contributed by atoms with Crippen molar-refractivity contribution in [1.29, 1.82) is 0 Å². The first kappa shape index (κ1) is 28.1. The van der Waals surface area contributed by atoms with Gasteiger partial charge < -0.3 is 16.4 Å². The molecule has 4 N–H and O–H groups in total. The van der Waals surface area contributed by atoms with E-state index in [1.165, 1.54) is 0 Å². The smallest absolute Gasteiger partial charge is 0.220 e. The summed E-state index contributed by atoms with van der Waals surface area (Å²) in [6.07, 6.45) is 4.28. The highest BCUT2D eigenvalue weighted by atomic mass is 35.5. The van der Waals surface area contributed by atoms with Crippen LogP contribution in [0.4, 0.5) is 5.82 Å². The molecular weight excluding hydrogens is 535 g/mol. The summed E-state index contributed by atoms with van der Waals surface area (Å²) in [7, 11) is 0. The molecule has 0 saturated heterocycles. The van der Waals surface area contributed by atoms with E-state index in [2.05, 4.69) is 15.6 Å². The second-order valence-electron chi connectivity index (χ2n) is 9.45. The molecule has 202 valence electrons. The van der Waals surface area contributed by atoms with E-state index in [1.807, 2.05) is 62.4 Å². The van der Waals surface area contributed by atoms with Gasteiger partial charge in [0, 0.05) is 36.5 Å². The molecule has 39 heavy (non-hydrogen) atoms. The first-order valence-corrected chi connectivity index (χ1v) is 13.3. The number of carbonyl (C=O) groups excluding carboxylic acids is 2. The number of carbonyl (C=O) groups is 2. The minimum atomic E-state index is -0.476. The molecule has 4 rings (SSSR count). The van der Waals surface area contributed by atoms with E-state index < -0.39 is 11.9 Å². The second-order valence-corrected chi connectivity index (χ2v) is 10.3. The molecule has 0 aliphatic rings. The van der Waals surface area contributed by atoms with Crippen LogP contribution in [0.15, 0.2) is 73.1 Å². The van der Waals surface area contributed by atoms with Crippen LogP contribution in [0.25, 0.3) is 16.9 Å². The molecule has 0 spiro atoms. The molecule has 0 bridgehead atoms. The Bertz CT molecular complexity index is 1440. The van der Waals surface area contributed by atoms with E-state index in [9.17, 15) is 9.59 Å². The van der Waals surface area contributed by atoms with Crippen LogP contribution in [0.1, 0.15) is 43.4 Å². The van der Waals surface area contributed by atoms with Crippen molar-refractivity contribution in [3.05, 3.63) is 94.2 Å². The lowest BCUT2D eigenvalue weighted by Crippen LogP contribution is -2.32. The lowest BCUT2D eigenvalue weighted by atomic mass is 10.0. The van der Waals surface area contributed by atoms with Gasteiger partial charge in [-0.25, -0.2) is 4.68 Å². The Morgan fingerprint density at radius 3 is 2.49 bits per heavy atom. The third-order valence-corrected chi connectivity index (χ3v) is 6.97. The van der Waals surface area contributed by atoms with Gasteiger partial charge in [-0.05, 0) is 56.2 Å². The summed E-state index contributed by atoms with van der Waals surface area (Å²) < 4.78 is 1.75. The van der Waals surface area contributed by atoms with E-state index in [1.54, 1.807) is 29.2 Å². The third kappa shape index (κ3) is 7.59. The number of nitrogens with two attached hydrogens (primary N) is 1. The number of halogens is 2. The van der Waals surface area contributed by atoms with E-state index >= 15 is 0 Å². The normalized spacial score (nSPS) is 12.5. The number of hydrogen-bond donors (Lipinski definition) is 3. The number of aryl methyl sites for hydroxylation is 1. The number of hydrogen-bond acceptors (Lipinski definition) is 5. The Balaban J connectivity index is 1.46. The Hall–Kier alpha value is -3.88. The predicted molar refractivity (Wildman–Crippen MR) is 155 cm³/mol. The number of aromatic nitrogens is 3. The van der Waals surface area contributed by atoms with Crippen LogP contribution < -0.4 is 16.4 Å². The Kier molecular flexibility index (Phi) is 9.22. The van der Waals surface area contributed by atoms with Crippen molar-refractivity contribution in [3.8, 4) is 16.9 Å². The van der Waals surface area contributed by atoms with Gasteiger partial charge in [-0.2, -0.15) is 5.10 Å². The van der Waals surface area contributed by atoms with Crippen LogP contribution in [0.5, 0.6) is 0 Å². The zero-order chi connectivity index (χ0) is 27.9. The molecule has 0 aliphatic heterocycles. The van der Waals surface area contributed by atoms with Crippen LogP contribution in [0.2, 0.25) is 10.0 Å². The highest BCUT2D eigenvalue weighted by molar-refractivity contribution is 6.42. The average molecular weight is 566 g/mol. The number of pyridine rings is 1. The Labute approximate surface area is 237 Å². The topological polar surface area (TPSA) is 115 Å². The van der Waals surface area contributed by atoms with Crippen molar-refractivity contribution in [2.75, 3.05) is 5.32 Å². The maximum absolute atomic E-state index is 12.8. The molecular formula is C29H30Cl2N6O2. The molecule has 10 heteroatoms. The van der Waals surface area contributed by atoms with Crippen molar-refractivity contribution >= 4 is 40.8 Å². The van der Waals surface area contributed by atoms with Gasteiger partial charge in [-0.15, -0.1) is 0 Å². The maximum Gasteiger partial charge on any atom is 0.220 e. The van der Waals surface area contributed by atoms with Crippen LogP contribution in [0.3, 0.4) is 0 Å². The number of nitrogens with zero attached hydrogens (tertiary/aromatic N) is 3. The van der Waals surface area contributed by atoms with Gasteiger partial charge in [0.2, 0.25) is 11.8 Å². The fourth-order valence-corrected chi connectivity index (χ4v) is 4.44. The number of anilines is 1. The lowest BCUT2D eigenvalue weighted by Gasteiger charge is -2.20. The Morgan fingerprint density at radius 2 is 1.82 bits per heavy atom. The van der Waals surface area contributed by atoms with Crippen molar-refractivity contribution in [2.45, 2.75) is 45.2 Å². The minimum Gasteiger partial charge on any atom is -0.370 e. The molecule has 4 aromatic rings. The molecule has 0 saturated carbocycles. The highest BCUT2D eigenvalue weighted by Gasteiger charge is 2.19. The Morgan fingerprint density at radius 1 is 1.05 bits per heavy atom. The molecule has 2 heterocycles. The number of amides is 2. The molecule has 2 aromatic heterocycles. The first-order chi connectivity index (χ1) is 18.7. The van der Waals surface area contributed by atoms with Gasteiger partial charge in [0.25, 0.3) is 0 Å². The summed E-state index contributed by atoms with van der Waals surface area (Å²) in [5.74, 6) is 0.0896. The predicted octanol–water partition coefficient (Wildman–Crippen LogP) is 5.86. The summed E-state index contributed by atoms with van der Waals surface area (Å²) in [5, 5.41) is 12.1. The van der Waals surface area contributed by atoms with Crippen LogP contribution in [-0.4, -0.2) is 32.6 Å². The van der Waals surface area contributed by atoms with Crippen LogP contribution in [-0.2, 0) is 9.59 Å². The van der Waals surface area contributed by atoms with Crippen molar-refractivity contribution in [2.24, 2.45) is 5.73 Å². The molecule has 2 aromatic carbocycles. The second kappa shape index (κ2) is 12.8. The van der Waals surface area contributed by atoms with E-state index in [4.69, 9.17) is 34.0 Å². The largest absolute Gasteiger partial charge is 0.370 e. The van der Waals surface area contributed by atoms with Crippen molar-refractivity contribution in [1.82, 2.24) is 20.1 Å². The summed E-state index contributed by atoms with van der Waals surface area (Å²) in [5.41, 5.74) is 9.70. The van der Waals surface area contributed by atoms with Gasteiger partial charge in [0.1, 0.15) is 5.82 Å². The van der Waals surface area contributed by atoms with E-state index in [0.717, 1.165) is 33.9 Å². The monoisotopic (exact) mass is 564 g/mol. The third-order valence-electron chi connectivity index (χ3n) is 6.23. The number of benzene rings is 2. The number of primary amides is 1. The van der Waals surface area contributed by atoms with Crippen LogP contribution in [0, 0.1) is 6.92 Å². The molecule has 8 nitrogen and oxygen atoms in total. The molecule has 1 unspecified atom stereocenters. The SMILES string of the molecule is Cc1ccc(C(CC(N)=O)NC(=O)CC[C@H](C)Nc2cc(-c3cccnc3)nn2-c2ccc(Cl)c(Cl)c2)cc1. The number of nitrogens with one attached hydrogen (secondary N) is 2. The quantitative estimate of drug-likeness (QED) is 0.211. The fourth-order valence-electron chi connectivity index (χ4n) is 4.14. The zero-order valence-electron chi connectivity index (χ0n) is 21.7. The van der Waals surface area contributed by atoms with Crippen molar-refractivity contribution < 1.29 is 9.59 Å². The lowest BCUT2D eigenvalue weighted by molar-refractivity contribution is -0.122. The van der Waals surface area contributed by atoms with Gasteiger partial charge in [0.05, 0.1) is 33.9 Å². The van der Waals surface area contributed by atoms with Crippen molar-refractivity contribution in [3.63, 3.8) is 0 Å². The van der Waals surface area contributed by atoms with E-state index in [-0.39, 0.29) is 24.8 Å². The van der Waals surface area contributed by atoms with Gasteiger partial charge >= 0.3 is 0 Å². The summed E-state index contributed by atoms with van der Waals surface area (Å²) in [6, 6.07) is 18.1. The van der Waals surface area contributed by atoms with E-state index in [0.29, 0.717) is 16.5 Å². The summed E-state index contributed by atoms with van der Waals surface area (Å²) in [4.78, 5) is 28.7. The minimum absolute atomic E-state index is 0.0303. The zero-order valence-corrected chi connectivity index (χ0v) is 23.2. The summed E-state index contributed by atoms with van der Waals surface area (Å²) in [6.45, 7) is 3.97. The maximum atomic E-state index is 12.8. The summed E-state index contributed by atoms with van der Waals surface area (Å²) >= 11 is 12.4. The van der Waals surface area contributed by atoms with Gasteiger partial charge in [0.15, 0.2) is 0 Å². The molecule has 0 fully saturated rings. The highest BCUT2D eigenvalue weighted by Crippen LogP contribution is 2.29.